The Morgan fingerprint density at radius 1 is 1.69 bits per heavy atom. The first-order valence-corrected chi connectivity index (χ1v) is 5.69. The van der Waals surface area contributed by atoms with Crippen molar-refractivity contribution in [3.63, 3.8) is 0 Å². The van der Waals surface area contributed by atoms with Gasteiger partial charge < -0.3 is 10.0 Å². The molecule has 1 rings (SSSR count). The molecule has 1 aliphatic rings. The summed E-state index contributed by atoms with van der Waals surface area (Å²) >= 11 is 1.98. The minimum atomic E-state index is -0.704. The van der Waals surface area contributed by atoms with Crippen molar-refractivity contribution in [3.05, 3.63) is 0 Å². The molecule has 0 amide bonds. The molecule has 0 aromatic heterocycles. The first-order valence-electron chi connectivity index (χ1n) is 4.65. The number of carboxylic acid groups (broad SMARTS) is 1. The summed E-state index contributed by atoms with van der Waals surface area (Å²) in [6.45, 7) is 2.89. The second-order valence-electron chi connectivity index (χ2n) is 3.56. The SMILES string of the molecule is CC1SCCC1N(C)CCC(=O)O. The van der Waals surface area contributed by atoms with Crippen LogP contribution in [-0.4, -0.2) is 46.6 Å². The average molecular weight is 203 g/mol. The minimum Gasteiger partial charge on any atom is -0.481 e. The Kier molecular flexibility index (Phi) is 4.06. The fourth-order valence-corrected chi connectivity index (χ4v) is 3.05. The Bertz CT molecular complexity index is 186. The van der Waals surface area contributed by atoms with Crippen molar-refractivity contribution in [2.75, 3.05) is 19.3 Å². The number of nitrogens with zero attached hydrogens (tertiary/aromatic N) is 1. The molecule has 3 nitrogen and oxygen atoms in total. The maximum absolute atomic E-state index is 10.4. The molecule has 1 fully saturated rings. The molecule has 1 saturated heterocycles. The quantitative estimate of drug-likeness (QED) is 0.747. The van der Waals surface area contributed by atoms with Crippen LogP contribution in [-0.2, 0) is 4.79 Å². The number of carboxylic acids is 1. The topological polar surface area (TPSA) is 40.5 Å². The third-order valence-electron chi connectivity index (χ3n) is 2.58. The molecule has 0 aromatic rings. The van der Waals surface area contributed by atoms with E-state index in [0.717, 1.165) is 0 Å². The Morgan fingerprint density at radius 2 is 2.38 bits per heavy atom. The molecular formula is C9H17NO2S. The van der Waals surface area contributed by atoms with Gasteiger partial charge >= 0.3 is 5.97 Å². The van der Waals surface area contributed by atoms with Gasteiger partial charge in [-0.2, -0.15) is 11.8 Å². The standard InChI is InChI=1S/C9H17NO2S/c1-7-8(4-6-13-7)10(2)5-3-9(11)12/h7-8H,3-6H2,1-2H3,(H,11,12). The Labute approximate surface area is 83.5 Å². The summed E-state index contributed by atoms with van der Waals surface area (Å²) in [6, 6.07) is 0.573. The predicted molar refractivity (Wildman–Crippen MR) is 55.2 cm³/mol. The van der Waals surface area contributed by atoms with Crippen LogP contribution in [0.3, 0.4) is 0 Å². The maximum Gasteiger partial charge on any atom is 0.304 e. The summed E-state index contributed by atoms with van der Waals surface area (Å²) in [5, 5.41) is 9.19. The van der Waals surface area contributed by atoms with Gasteiger partial charge in [0.15, 0.2) is 0 Å². The molecule has 1 heterocycles. The molecule has 0 aromatic carbocycles. The van der Waals surface area contributed by atoms with Gasteiger partial charge in [-0.15, -0.1) is 0 Å². The molecule has 76 valence electrons. The van der Waals surface area contributed by atoms with Gasteiger partial charge in [-0.05, 0) is 19.2 Å². The normalized spacial score (nSPS) is 28.2. The maximum atomic E-state index is 10.4. The van der Waals surface area contributed by atoms with E-state index in [4.69, 9.17) is 5.11 Å². The van der Waals surface area contributed by atoms with Crippen LogP contribution in [0.15, 0.2) is 0 Å². The van der Waals surface area contributed by atoms with Gasteiger partial charge in [0.2, 0.25) is 0 Å². The Balaban J connectivity index is 2.29. The molecule has 2 atom stereocenters. The van der Waals surface area contributed by atoms with Gasteiger partial charge in [0.1, 0.15) is 0 Å². The van der Waals surface area contributed by atoms with E-state index in [1.54, 1.807) is 0 Å². The molecule has 2 unspecified atom stereocenters. The summed E-state index contributed by atoms with van der Waals surface area (Å²) in [5.74, 6) is 0.508. The van der Waals surface area contributed by atoms with E-state index in [9.17, 15) is 4.79 Å². The summed E-state index contributed by atoms with van der Waals surface area (Å²) < 4.78 is 0. The van der Waals surface area contributed by atoms with E-state index >= 15 is 0 Å². The number of carbonyl (C=O) groups is 1. The van der Waals surface area contributed by atoms with Crippen molar-refractivity contribution in [2.24, 2.45) is 0 Å². The summed E-state index contributed by atoms with van der Waals surface area (Å²) in [6.07, 6.45) is 1.45. The van der Waals surface area contributed by atoms with Crippen LogP contribution in [0.5, 0.6) is 0 Å². The van der Waals surface area contributed by atoms with Crippen LogP contribution in [0, 0.1) is 0 Å². The van der Waals surface area contributed by atoms with Gasteiger partial charge in [0, 0.05) is 17.8 Å². The van der Waals surface area contributed by atoms with Crippen LogP contribution in [0.4, 0.5) is 0 Å². The highest BCUT2D eigenvalue weighted by atomic mass is 32.2. The van der Waals surface area contributed by atoms with Gasteiger partial charge in [0.25, 0.3) is 0 Å². The van der Waals surface area contributed by atoms with Crippen LogP contribution in [0.2, 0.25) is 0 Å². The Hall–Kier alpha value is -0.220. The van der Waals surface area contributed by atoms with Gasteiger partial charge in [-0.25, -0.2) is 0 Å². The largest absolute Gasteiger partial charge is 0.481 e. The van der Waals surface area contributed by atoms with Gasteiger partial charge in [0.05, 0.1) is 6.42 Å². The average Bonchev–Trinajstić information content (AvgIpc) is 2.47. The van der Waals surface area contributed by atoms with E-state index in [1.807, 2.05) is 18.8 Å². The summed E-state index contributed by atoms with van der Waals surface area (Å²) in [4.78, 5) is 12.5. The highest BCUT2D eigenvalue weighted by Gasteiger charge is 2.27. The molecule has 0 aliphatic carbocycles. The molecule has 0 bridgehead atoms. The lowest BCUT2D eigenvalue weighted by molar-refractivity contribution is -0.137. The van der Waals surface area contributed by atoms with Crippen molar-refractivity contribution in [1.82, 2.24) is 4.90 Å². The number of hydrogen-bond acceptors (Lipinski definition) is 3. The zero-order chi connectivity index (χ0) is 9.84. The van der Waals surface area contributed by atoms with Gasteiger partial charge in [-0.1, -0.05) is 6.92 Å². The van der Waals surface area contributed by atoms with E-state index in [0.29, 0.717) is 17.8 Å². The smallest absolute Gasteiger partial charge is 0.304 e. The van der Waals surface area contributed by atoms with Crippen LogP contribution >= 0.6 is 11.8 Å². The zero-order valence-electron chi connectivity index (χ0n) is 8.19. The first kappa shape index (κ1) is 10.9. The highest BCUT2D eigenvalue weighted by molar-refractivity contribution is 8.00. The minimum absolute atomic E-state index is 0.254. The monoisotopic (exact) mass is 203 g/mol. The second kappa shape index (κ2) is 4.86. The molecular weight excluding hydrogens is 186 g/mol. The fraction of sp³-hybridized carbons (Fsp3) is 0.889. The summed E-state index contributed by atoms with van der Waals surface area (Å²) in [5.41, 5.74) is 0. The molecule has 0 saturated carbocycles. The van der Waals surface area contributed by atoms with Gasteiger partial charge in [-0.3, -0.25) is 4.79 Å². The third-order valence-corrected chi connectivity index (χ3v) is 3.89. The van der Waals surface area contributed by atoms with Crippen molar-refractivity contribution < 1.29 is 9.90 Å². The van der Waals surface area contributed by atoms with Crippen LogP contribution in [0.1, 0.15) is 19.8 Å². The van der Waals surface area contributed by atoms with Crippen molar-refractivity contribution >= 4 is 17.7 Å². The molecule has 13 heavy (non-hydrogen) atoms. The molecule has 1 aliphatic heterocycles. The number of rotatable bonds is 4. The van der Waals surface area contributed by atoms with E-state index < -0.39 is 5.97 Å². The van der Waals surface area contributed by atoms with Crippen molar-refractivity contribution in [1.29, 1.82) is 0 Å². The number of aliphatic carboxylic acids is 1. The molecule has 4 heteroatoms. The van der Waals surface area contributed by atoms with E-state index in [-0.39, 0.29) is 6.42 Å². The molecule has 1 N–H and O–H groups in total. The second-order valence-corrected chi connectivity index (χ2v) is 5.04. The number of thioether (sulfide) groups is 1. The van der Waals surface area contributed by atoms with Crippen molar-refractivity contribution in [2.45, 2.75) is 31.1 Å². The molecule has 0 spiro atoms. The number of hydrogen-bond donors (Lipinski definition) is 1. The predicted octanol–water partition coefficient (Wildman–Crippen LogP) is 1.29. The van der Waals surface area contributed by atoms with E-state index in [1.165, 1.54) is 12.2 Å². The van der Waals surface area contributed by atoms with Crippen molar-refractivity contribution in [3.8, 4) is 0 Å². The lowest BCUT2D eigenvalue weighted by atomic mass is 10.1. The Morgan fingerprint density at radius 3 is 2.85 bits per heavy atom. The summed E-state index contributed by atoms with van der Waals surface area (Å²) in [7, 11) is 2.02. The third kappa shape index (κ3) is 3.19. The van der Waals surface area contributed by atoms with Crippen LogP contribution < -0.4 is 0 Å². The zero-order valence-corrected chi connectivity index (χ0v) is 9.01. The molecule has 0 radical (unpaired) electrons. The lowest BCUT2D eigenvalue weighted by Crippen LogP contribution is -2.36. The van der Waals surface area contributed by atoms with E-state index in [2.05, 4.69) is 11.8 Å². The first-order chi connectivity index (χ1) is 6.11. The van der Waals surface area contributed by atoms with Crippen LogP contribution in [0.25, 0.3) is 0 Å². The lowest BCUT2D eigenvalue weighted by Gasteiger charge is -2.26. The highest BCUT2D eigenvalue weighted by Crippen LogP contribution is 2.29. The fourth-order valence-electron chi connectivity index (χ4n) is 1.74.